The van der Waals surface area contributed by atoms with Crippen molar-refractivity contribution in [1.29, 1.82) is 0 Å². The smallest absolute Gasteiger partial charge is 0.231 e. The summed E-state index contributed by atoms with van der Waals surface area (Å²) in [6.07, 6.45) is 3.84. The number of pyridine rings is 1. The van der Waals surface area contributed by atoms with Gasteiger partial charge in [-0.25, -0.2) is 12.8 Å². The molecule has 166 valence electrons. The van der Waals surface area contributed by atoms with Crippen LogP contribution in [0.25, 0.3) is 16.8 Å². The van der Waals surface area contributed by atoms with Crippen LogP contribution in [0.2, 0.25) is 0 Å². The van der Waals surface area contributed by atoms with E-state index in [1.807, 2.05) is 28.7 Å². The fourth-order valence-corrected chi connectivity index (χ4v) is 4.17. The minimum absolute atomic E-state index is 0.292. The lowest BCUT2D eigenvalue weighted by atomic mass is 10.0. The molecule has 0 saturated heterocycles. The van der Waals surface area contributed by atoms with Gasteiger partial charge in [0.05, 0.1) is 19.1 Å². The number of fused-ring (bicyclic) bond motifs is 1. The standard InChI is InChI=1S/C23H23FN4O3S/c1-27(32(3,29)30)17-9-7-16(8-10-17)19-13-11-18(28-15-25-26-23(19)28)12-14-20-21(24)5-4-6-22(20)31-2/h4-11,13,15H,12,14H2,1-3H3. The number of methoxy groups -OCH3 is 1. The number of benzene rings is 2. The van der Waals surface area contributed by atoms with Crippen molar-refractivity contribution in [3.05, 3.63) is 78.0 Å². The number of nitrogens with zero attached hydrogens (tertiary/aromatic N) is 4. The third-order valence-corrected chi connectivity index (χ3v) is 6.71. The molecule has 7 nitrogen and oxygen atoms in total. The van der Waals surface area contributed by atoms with E-state index in [9.17, 15) is 12.8 Å². The summed E-state index contributed by atoms with van der Waals surface area (Å²) < 4.78 is 46.2. The lowest BCUT2D eigenvalue weighted by Gasteiger charge is -2.17. The van der Waals surface area contributed by atoms with E-state index < -0.39 is 10.0 Å². The lowest BCUT2D eigenvalue weighted by molar-refractivity contribution is 0.404. The average molecular weight is 455 g/mol. The molecule has 0 bridgehead atoms. The Morgan fingerprint density at radius 1 is 1.06 bits per heavy atom. The molecule has 4 aromatic rings. The molecule has 0 N–H and O–H groups in total. The number of aromatic nitrogens is 3. The molecule has 0 spiro atoms. The van der Waals surface area contributed by atoms with Crippen molar-refractivity contribution in [3.63, 3.8) is 0 Å². The first-order chi connectivity index (χ1) is 15.3. The number of aryl methyl sites for hydroxylation is 1. The van der Waals surface area contributed by atoms with Crippen LogP contribution in [0, 0.1) is 5.82 Å². The van der Waals surface area contributed by atoms with E-state index >= 15 is 0 Å². The summed E-state index contributed by atoms with van der Waals surface area (Å²) in [5.74, 6) is 0.237. The summed E-state index contributed by atoms with van der Waals surface area (Å²) in [5.41, 5.74) is 4.47. The highest BCUT2D eigenvalue weighted by molar-refractivity contribution is 7.92. The molecule has 0 radical (unpaired) electrons. The van der Waals surface area contributed by atoms with E-state index in [1.54, 1.807) is 30.6 Å². The van der Waals surface area contributed by atoms with E-state index in [4.69, 9.17) is 4.74 Å². The summed E-state index contributed by atoms with van der Waals surface area (Å²) in [4.78, 5) is 0. The Balaban J connectivity index is 1.64. The maximum Gasteiger partial charge on any atom is 0.231 e. The molecular weight excluding hydrogens is 431 g/mol. The van der Waals surface area contributed by atoms with Gasteiger partial charge in [-0.2, -0.15) is 0 Å². The zero-order chi connectivity index (χ0) is 22.9. The molecule has 0 unspecified atom stereocenters. The first-order valence-electron chi connectivity index (χ1n) is 9.97. The lowest BCUT2D eigenvalue weighted by Crippen LogP contribution is -2.24. The third kappa shape index (κ3) is 4.16. The van der Waals surface area contributed by atoms with Gasteiger partial charge in [-0.15, -0.1) is 10.2 Å². The average Bonchev–Trinajstić information content (AvgIpc) is 3.27. The van der Waals surface area contributed by atoms with Crippen LogP contribution in [0.1, 0.15) is 11.3 Å². The summed E-state index contributed by atoms with van der Waals surface area (Å²) >= 11 is 0. The van der Waals surface area contributed by atoms with Crippen molar-refractivity contribution in [2.75, 3.05) is 24.7 Å². The zero-order valence-corrected chi connectivity index (χ0v) is 18.8. The van der Waals surface area contributed by atoms with E-state index in [0.29, 0.717) is 35.5 Å². The maximum atomic E-state index is 14.3. The Labute approximate surface area is 186 Å². The van der Waals surface area contributed by atoms with Gasteiger partial charge in [-0.05, 0) is 54.8 Å². The van der Waals surface area contributed by atoms with Crippen molar-refractivity contribution in [2.24, 2.45) is 0 Å². The minimum Gasteiger partial charge on any atom is -0.496 e. The highest BCUT2D eigenvalue weighted by atomic mass is 32.2. The highest BCUT2D eigenvalue weighted by Gasteiger charge is 2.15. The van der Waals surface area contributed by atoms with Crippen LogP contribution in [-0.2, 0) is 22.9 Å². The molecule has 2 aromatic carbocycles. The van der Waals surface area contributed by atoms with Gasteiger partial charge in [-0.1, -0.05) is 18.2 Å². The largest absolute Gasteiger partial charge is 0.496 e. The quantitative estimate of drug-likeness (QED) is 0.425. The van der Waals surface area contributed by atoms with E-state index in [-0.39, 0.29) is 5.82 Å². The second kappa shape index (κ2) is 8.58. The first kappa shape index (κ1) is 21.8. The number of ether oxygens (including phenoxy) is 1. The summed E-state index contributed by atoms with van der Waals surface area (Å²) in [5, 5.41) is 8.33. The molecular formula is C23H23FN4O3S. The molecule has 2 heterocycles. The van der Waals surface area contributed by atoms with Gasteiger partial charge in [-0.3, -0.25) is 8.71 Å². The number of hydrogen-bond acceptors (Lipinski definition) is 5. The molecule has 2 aromatic heterocycles. The van der Waals surface area contributed by atoms with Crippen molar-refractivity contribution < 1.29 is 17.5 Å². The first-order valence-corrected chi connectivity index (χ1v) is 11.8. The van der Waals surface area contributed by atoms with E-state index in [1.165, 1.54) is 24.5 Å². The van der Waals surface area contributed by atoms with E-state index in [0.717, 1.165) is 23.1 Å². The van der Waals surface area contributed by atoms with Crippen molar-refractivity contribution >= 4 is 21.4 Å². The molecule has 32 heavy (non-hydrogen) atoms. The monoisotopic (exact) mass is 454 g/mol. The van der Waals surface area contributed by atoms with Crippen molar-refractivity contribution in [2.45, 2.75) is 12.8 Å². The zero-order valence-electron chi connectivity index (χ0n) is 18.0. The second-order valence-corrected chi connectivity index (χ2v) is 9.47. The van der Waals surface area contributed by atoms with Gasteiger partial charge < -0.3 is 4.74 Å². The van der Waals surface area contributed by atoms with Crippen LogP contribution in [0.3, 0.4) is 0 Å². The Kier molecular flexibility index (Phi) is 5.84. The highest BCUT2D eigenvalue weighted by Crippen LogP contribution is 2.28. The maximum absolute atomic E-state index is 14.3. The van der Waals surface area contributed by atoms with Crippen LogP contribution < -0.4 is 9.04 Å². The number of rotatable bonds is 7. The predicted molar refractivity (Wildman–Crippen MR) is 122 cm³/mol. The summed E-state index contributed by atoms with van der Waals surface area (Å²) in [6.45, 7) is 0. The molecule has 0 amide bonds. The topological polar surface area (TPSA) is 76.8 Å². The Bertz CT molecular complexity index is 1370. The van der Waals surface area contributed by atoms with E-state index in [2.05, 4.69) is 10.2 Å². The molecule has 0 aliphatic rings. The van der Waals surface area contributed by atoms with Crippen LogP contribution in [-0.4, -0.2) is 43.4 Å². The fraction of sp³-hybridized carbons (Fsp3) is 0.217. The molecule has 0 aliphatic heterocycles. The summed E-state index contributed by atoms with van der Waals surface area (Å²) in [7, 11) is -0.285. The number of sulfonamides is 1. The van der Waals surface area contributed by atoms with Gasteiger partial charge in [0.25, 0.3) is 0 Å². The Morgan fingerprint density at radius 2 is 1.81 bits per heavy atom. The molecule has 9 heteroatoms. The molecule has 4 rings (SSSR count). The third-order valence-electron chi connectivity index (χ3n) is 5.51. The SMILES string of the molecule is COc1cccc(F)c1CCc1ccc(-c2ccc(N(C)S(C)(=O)=O)cc2)c2nncn12. The van der Waals surface area contributed by atoms with Crippen molar-refractivity contribution in [1.82, 2.24) is 14.6 Å². The number of halogens is 1. The Morgan fingerprint density at radius 3 is 2.50 bits per heavy atom. The summed E-state index contributed by atoms with van der Waals surface area (Å²) in [6, 6.07) is 15.9. The molecule has 0 saturated carbocycles. The fourth-order valence-electron chi connectivity index (χ4n) is 3.66. The normalized spacial score (nSPS) is 11.6. The number of hydrogen-bond donors (Lipinski definition) is 0. The van der Waals surface area contributed by atoms with Crippen molar-refractivity contribution in [3.8, 4) is 16.9 Å². The van der Waals surface area contributed by atoms with Crippen LogP contribution in [0.4, 0.5) is 10.1 Å². The second-order valence-electron chi connectivity index (χ2n) is 7.46. The van der Waals surface area contributed by atoms with Gasteiger partial charge in [0, 0.05) is 23.9 Å². The predicted octanol–water partition coefficient (Wildman–Crippen LogP) is 3.73. The molecule has 0 atom stereocenters. The van der Waals surface area contributed by atoms with Gasteiger partial charge >= 0.3 is 0 Å². The van der Waals surface area contributed by atoms with Gasteiger partial charge in [0.15, 0.2) is 5.65 Å². The van der Waals surface area contributed by atoms with Crippen LogP contribution in [0.5, 0.6) is 5.75 Å². The molecule has 0 aliphatic carbocycles. The Hall–Kier alpha value is -3.46. The minimum atomic E-state index is -3.33. The van der Waals surface area contributed by atoms with Gasteiger partial charge in [0.2, 0.25) is 10.0 Å². The van der Waals surface area contributed by atoms with Crippen LogP contribution in [0.15, 0.2) is 60.9 Å². The van der Waals surface area contributed by atoms with Gasteiger partial charge in [0.1, 0.15) is 17.9 Å². The number of anilines is 1. The molecule has 0 fully saturated rings. The van der Waals surface area contributed by atoms with Crippen LogP contribution >= 0.6 is 0 Å².